The molecule has 84 valence electrons. The van der Waals surface area contributed by atoms with Gasteiger partial charge in [-0.05, 0) is 37.0 Å². The average Bonchev–Trinajstić information content (AvgIpc) is 2.20. The van der Waals surface area contributed by atoms with Gasteiger partial charge in [0.05, 0.1) is 0 Å². The zero-order chi connectivity index (χ0) is 11.3. The highest BCUT2D eigenvalue weighted by Gasteiger charge is 2.05. The van der Waals surface area contributed by atoms with Crippen molar-refractivity contribution in [1.29, 1.82) is 0 Å². The molecule has 0 aliphatic carbocycles. The molecule has 0 bridgehead atoms. The molecule has 0 aliphatic rings. The SMILES string of the molecule is CCCCC(N)Cc1ccc(F)c(C)c1. The van der Waals surface area contributed by atoms with Crippen molar-refractivity contribution < 1.29 is 4.39 Å². The summed E-state index contributed by atoms with van der Waals surface area (Å²) in [4.78, 5) is 0. The van der Waals surface area contributed by atoms with Gasteiger partial charge in [0.25, 0.3) is 0 Å². The molecule has 1 atom stereocenters. The van der Waals surface area contributed by atoms with Crippen LogP contribution in [0.1, 0.15) is 37.3 Å². The Balaban J connectivity index is 2.53. The minimum atomic E-state index is -0.138. The number of hydrogen-bond donors (Lipinski definition) is 1. The van der Waals surface area contributed by atoms with Crippen LogP contribution in [0.5, 0.6) is 0 Å². The lowest BCUT2D eigenvalue weighted by Crippen LogP contribution is -2.22. The molecule has 1 unspecified atom stereocenters. The topological polar surface area (TPSA) is 26.0 Å². The Bertz CT molecular complexity index is 309. The highest BCUT2D eigenvalue weighted by Crippen LogP contribution is 2.12. The molecule has 1 nitrogen and oxygen atoms in total. The van der Waals surface area contributed by atoms with E-state index in [1.165, 1.54) is 18.9 Å². The molecule has 0 saturated carbocycles. The summed E-state index contributed by atoms with van der Waals surface area (Å²) in [5.41, 5.74) is 7.83. The number of halogens is 1. The van der Waals surface area contributed by atoms with Gasteiger partial charge in [0.15, 0.2) is 0 Å². The van der Waals surface area contributed by atoms with E-state index in [-0.39, 0.29) is 11.9 Å². The molecule has 0 fully saturated rings. The van der Waals surface area contributed by atoms with Crippen molar-refractivity contribution in [1.82, 2.24) is 0 Å². The van der Waals surface area contributed by atoms with Crippen molar-refractivity contribution in [2.45, 2.75) is 45.6 Å². The van der Waals surface area contributed by atoms with Gasteiger partial charge in [-0.15, -0.1) is 0 Å². The summed E-state index contributed by atoms with van der Waals surface area (Å²) in [6.07, 6.45) is 4.24. The predicted molar refractivity (Wildman–Crippen MR) is 62.3 cm³/mol. The second-order valence-electron chi connectivity index (χ2n) is 4.19. The molecule has 1 aromatic rings. The highest BCUT2D eigenvalue weighted by molar-refractivity contribution is 5.24. The van der Waals surface area contributed by atoms with E-state index in [0.717, 1.165) is 18.4 Å². The lowest BCUT2D eigenvalue weighted by Gasteiger charge is -2.11. The van der Waals surface area contributed by atoms with Crippen molar-refractivity contribution in [3.05, 3.63) is 35.1 Å². The number of rotatable bonds is 5. The molecule has 0 radical (unpaired) electrons. The van der Waals surface area contributed by atoms with Crippen LogP contribution in [0.15, 0.2) is 18.2 Å². The Labute approximate surface area is 91.5 Å². The predicted octanol–water partition coefficient (Wildman–Crippen LogP) is 3.19. The average molecular weight is 209 g/mol. The number of aryl methyl sites for hydroxylation is 1. The number of unbranched alkanes of at least 4 members (excludes halogenated alkanes) is 1. The fraction of sp³-hybridized carbons (Fsp3) is 0.538. The molecular weight excluding hydrogens is 189 g/mol. The van der Waals surface area contributed by atoms with E-state index >= 15 is 0 Å². The largest absolute Gasteiger partial charge is 0.327 e. The minimum Gasteiger partial charge on any atom is -0.327 e. The Morgan fingerprint density at radius 3 is 2.73 bits per heavy atom. The van der Waals surface area contributed by atoms with Gasteiger partial charge in [0, 0.05) is 6.04 Å². The summed E-state index contributed by atoms with van der Waals surface area (Å²) in [5.74, 6) is -0.138. The first-order chi connectivity index (χ1) is 7.13. The summed E-state index contributed by atoms with van der Waals surface area (Å²) in [6, 6.07) is 5.45. The van der Waals surface area contributed by atoms with Gasteiger partial charge >= 0.3 is 0 Å². The van der Waals surface area contributed by atoms with Crippen LogP contribution in [0.25, 0.3) is 0 Å². The number of nitrogens with two attached hydrogens (primary N) is 1. The number of hydrogen-bond acceptors (Lipinski definition) is 1. The molecule has 1 aromatic carbocycles. The van der Waals surface area contributed by atoms with Crippen LogP contribution in [0.3, 0.4) is 0 Å². The Kier molecular flexibility index (Phi) is 4.76. The standard InChI is InChI=1S/C13H20FN/c1-3-4-5-12(15)9-11-6-7-13(14)10(2)8-11/h6-8,12H,3-5,9,15H2,1-2H3. The highest BCUT2D eigenvalue weighted by atomic mass is 19.1. The fourth-order valence-electron chi connectivity index (χ4n) is 1.70. The Morgan fingerprint density at radius 1 is 1.40 bits per heavy atom. The maximum Gasteiger partial charge on any atom is 0.126 e. The molecule has 2 N–H and O–H groups in total. The molecule has 0 saturated heterocycles. The van der Waals surface area contributed by atoms with Gasteiger partial charge in [-0.2, -0.15) is 0 Å². The summed E-state index contributed by atoms with van der Waals surface area (Å²) in [7, 11) is 0. The van der Waals surface area contributed by atoms with Gasteiger partial charge in [0.2, 0.25) is 0 Å². The fourth-order valence-corrected chi connectivity index (χ4v) is 1.70. The van der Waals surface area contributed by atoms with Gasteiger partial charge in [-0.25, -0.2) is 4.39 Å². The molecule has 0 spiro atoms. The third-order valence-corrected chi connectivity index (χ3v) is 2.65. The normalized spacial score (nSPS) is 12.8. The van der Waals surface area contributed by atoms with Crippen LogP contribution >= 0.6 is 0 Å². The molecule has 0 heterocycles. The smallest absolute Gasteiger partial charge is 0.126 e. The zero-order valence-electron chi connectivity index (χ0n) is 9.59. The van der Waals surface area contributed by atoms with Crippen molar-refractivity contribution in [3.8, 4) is 0 Å². The third-order valence-electron chi connectivity index (χ3n) is 2.65. The molecule has 0 aromatic heterocycles. The summed E-state index contributed by atoms with van der Waals surface area (Å²) in [5, 5.41) is 0. The van der Waals surface area contributed by atoms with Gasteiger partial charge in [0.1, 0.15) is 5.82 Å². The lowest BCUT2D eigenvalue weighted by molar-refractivity contribution is 0.571. The van der Waals surface area contributed by atoms with Crippen LogP contribution in [-0.4, -0.2) is 6.04 Å². The van der Waals surface area contributed by atoms with Gasteiger partial charge < -0.3 is 5.73 Å². The number of benzene rings is 1. The zero-order valence-corrected chi connectivity index (χ0v) is 9.59. The molecule has 0 amide bonds. The molecule has 0 aliphatic heterocycles. The summed E-state index contributed by atoms with van der Waals surface area (Å²) < 4.78 is 13.0. The summed E-state index contributed by atoms with van der Waals surface area (Å²) >= 11 is 0. The van der Waals surface area contributed by atoms with E-state index in [1.807, 2.05) is 12.1 Å². The molecule has 15 heavy (non-hydrogen) atoms. The van der Waals surface area contributed by atoms with E-state index in [2.05, 4.69) is 6.92 Å². The maximum absolute atomic E-state index is 13.0. The van der Waals surface area contributed by atoms with E-state index in [1.54, 1.807) is 6.92 Å². The summed E-state index contributed by atoms with van der Waals surface area (Å²) in [6.45, 7) is 3.95. The van der Waals surface area contributed by atoms with Crippen molar-refractivity contribution in [3.63, 3.8) is 0 Å². The first kappa shape index (κ1) is 12.2. The van der Waals surface area contributed by atoms with Crippen LogP contribution in [0.4, 0.5) is 4.39 Å². The van der Waals surface area contributed by atoms with Crippen LogP contribution in [0.2, 0.25) is 0 Å². The van der Waals surface area contributed by atoms with Crippen LogP contribution in [0, 0.1) is 12.7 Å². The second kappa shape index (κ2) is 5.86. The van der Waals surface area contributed by atoms with Crippen molar-refractivity contribution >= 4 is 0 Å². The molecule has 1 rings (SSSR count). The van der Waals surface area contributed by atoms with Crippen molar-refractivity contribution in [2.75, 3.05) is 0 Å². The van der Waals surface area contributed by atoms with Crippen LogP contribution in [-0.2, 0) is 6.42 Å². The van der Waals surface area contributed by atoms with E-state index in [4.69, 9.17) is 5.73 Å². The minimum absolute atomic E-state index is 0.138. The first-order valence-electron chi connectivity index (χ1n) is 5.64. The lowest BCUT2D eigenvalue weighted by atomic mass is 10.0. The Hall–Kier alpha value is -0.890. The van der Waals surface area contributed by atoms with Gasteiger partial charge in [-0.1, -0.05) is 31.9 Å². The quantitative estimate of drug-likeness (QED) is 0.791. The molecular formula is C13H20FN. The van der Waals surface area contributed by atoms with E-state index < -0.39 is 0 Å². The van der Waals surface area contributed by atoms with Crippen LogP contribution < -0.4 is 5.73 Å². The van der Waals surface area contributed by atoms with Gasteiger partial charge in [-0.3, -0.25) is 0 Å². The molecule has 2 heteroatoms. The third kappa shape index (κ3) is 4.00. The maximum atomic E-state index is 13.0. The van der Waals surface area contributed by atoms with E-state index in [0.29, 0.717) is 5.56 Å². The second-order valence-corrected chi connectivity index (χ2v) is 4.19. The van der Waals surface area contributed by atoms with Crippen molar-refractivity contribution in [2.24, 2.45) is 5.73 Å². The monoisotopic (exact) mass is 209 g/mol. The Morgan fingerprint density at radius 2 is 2.13 bits per heavy atom. The van der Waals surface area contributed by atoms with E-state index in [9.17, 15) is 4.39 Å². The first-order valence-corrected chi connectivity index (χ1v) is 5.64.